The summed E-state index contributed by atoms with van der Waals surface area (Å²) in [7, 11) is 1.66. The van der Waals surface area contributed by atoms with Crippen molar-refractivity contribution >= 4 is 11.8 Å². The van der Waals surface area contributed by atoms with Crippen LogP contribution < -0.4 is 4.74 Å². The van der Waals surface area contributed by atoms with Gasteiger partial charge in [-0.1, -0.05) is 54.6 Å². The molecule has 1 aliphatic heterocycles. The molecule has 1 aliphatic carbocycles. The maximum atomic E-state index is 13.1. The van der Waals surface area contributed by atoms with E-state index in [0.717, 1.165) is 23.3 Å². The zero-order valence-corrected chi connectivity index (χ0v) is 18.2. The van der Waals surface area contributed by atoms with Crippen molar-refractivity contribution in [2.45, 2.75) is 31.9 Å². The number of amides is 2. The van der Waals surface area contributed by atoms with E-state index >= 15 is 0 Å². The van der Waals surface area contributed by atoms with Crippen LogP contribution >= 0.6 is 0 Å². The van der Waals surface area contributed by atoms with Crippen LogP contribution in [-0.4, -0.2) is 36.9 Å². The second-order valence-electron chi connectivity index (χ2n) is 8.09. The third kappa shape index (κ3) is 4.19. The van der Waals surface area contributed by atoms with Gasteiger partial charge in [0.15, 0.2) is 5.82 Å². The van der Waals surface area contributed by atoms with E-state index in [4.69, 9.17) is 4.74 Å². The molecular formula is C25H23N5O3. The summed E-state index contributed by atoms with van der Waals surface area (Å²) in [6.45, 7) is 0.480. The van der Waals surface area contributed by atoms with Gasteiger partial charge in [-0.25, -0.2) is 0 Å². The number of benzene rings is 2. The molecule has 2 aliphatic rings. The lowest BCUT2D eigenvalue weighted by Gasteiger charge is -2.24. The zero-order valence-electron chi connectivity index (χ0n) is 18.2. The molecule has 0 saturated heterocycles. The predicted molar refractivity (Wildman–Crippen MR) is 120 cm³/mol. The van der Waals surface area contributed by atoms with Crippen molar-refractivity contribution in [2.75, 3.05) is 0 Å². The summed E-state index contributed by atoms with van der Waals surface area (Å²) in [6.07, 6.45) is 5.38. The van der Waals surface area contributed by atoms with Crippen LogP contribution in [0.2, 0.25) is 0 Å². The summed E-state index contributed by atoms with van der Waals surface area (Å²) in [5, 5.41) is 12.3. The lowest BCUT2D eigenvalue weighted by atomic mass is 10.00. The Morgan fingerprint density at radius 3 is 2.48 bits per heavy atom. The fourth-order valence-electron chi connectivity index (χ4n) is 4.15. The Morgan fingerprint density at radius 2 is 1.79 bits per heavy atom. The van der Waals surface area contributed by atoms with Crippen molar-refractivity contribution in [3.05, 3.63) is 94.8 Å². The Kier molecular flexibility index (Phi) is 5.56. The van der Waals surface area contributed by atoms with Crippen LogP contribution in [-0.2, 0) is 29.7 Å². The molecule has 1 aromatic heterocycles. The SMILES string of the molecule is Cn1nnc([C@H](Cc2ccc(OCc3ccccc3)cc2)N2C(=O)C3=C(CCC=C3)C2=O)n1. The molecule has 33 heavy (non-hydrogen) atoms. The van der Waals surface area contributed by atoms with Crippen molar-refractivity contribution in [3.63, 3.8) is 0 Å². The average Bonchev–Trinajstić information content (AvgIpc) is 3.39. The first kappa shape index (κ1) is 20.8. The molecule has 2 aromatic carbocycles. The van der Waals surface area contributed by atoms with Crippen molar-refractivity contribution in [2.24, 2.45) is 7.05 Å². The standard InChI is InChI=1S/C25H23N5O3/c1-29-27-23(26-28-29)22(30-24(31)20-9-5-6-10-21(20)25(30)32)15-17-11-13-19(14-12-17)33-16-18-7-3-2-4-8-18/h2-5,7-9,11-14,22H,6,10,15-16H2,1H3/t22-/m0/s1. The number of imide groups is 1. The number of carbonyl (C=O) groups is 2. The number of carbonyl (C=O) groups excluding carboxylic acids is 2. The van der Waals surface area contributed by atoms with Gasteiger partial charge in [0.25, 0.3) is 11.8 Å². The van der Waals surface area contributed by atoms with Crippen LogP contribution in [0, 0.1) is 0 Å². The Bertz CT molecular complexity index is 1240. The van der Waals surface area contributed by atoms with Gasteiger partial charge in [-0.2, -0.15) is 4.80 Å². The number of ether oxygens (including phenoxy) is 1. The van der Waals surface area contributed by atoms with E-state index in [-0.39, 0.29) is 11.8 Å². The highest BCUT2D eigenvalue weighted by Crippen LogP contribution is 2.35. The highest BCUT2D eigenvalue weighted by Gasteiger charge is 2.43. The largest absolute Gasteiger partial charge is 0.489 e. The van der Waals surface area contributed by atoms with Gasteiger partial charge in [0.1, 0.15) is 18.4 Å². The van der Waals surface area contributed by atoms with Crippen molar-refractivity contribution in [3.8, 4) is 5.75 Å². The summed E-state index contributed by atoms with van der Waals surface area (Å²) in [5.74, 6) is 0.519. The molecule has 166 valence electrons. The first-order valence-electron chi connectivity index (χ1n) is 10.9. The van der Waals surface area contributed by atoms with Crippen LogP contribution in [0.3, 0.4) is 0 Å². The van der Waals surface area contributed by atoms with E-state index in [1.165, 1.54) is 9.70 Å². The van der Waals surface area contributed by atoms with Gasteiger partial charge in [0.05, 0.1) is 7.05 Å². The van der Waals surface area contributed by atoms with Gasteiger partial charge >= 0.3 is 0 Å². The van der Waals surface area contributed by atoms with Crippen LogP contribution in [0.25, 0.3) is 0 Å². The summed E-state index contributed by atoms with van der Waals surface area (Å²) < 4.78 is 5.87. The molecule has 0 fully saturated rings. The number of aryl methyl sites for hydroxylation is 1. The maximum Gasteiger partial charge on any atom is 0.261 e. The second-order valence-corrected chi connectivity index (χ2v) is 8.09. The molecule has 2 amide bonds. The molecule has 0 saturated carbocycles. The van der Waals surface area contributed by atoms with E-state index < -0.39 is 6.04 Å². The molecule has 2 heterocycles. The quantitative estimate of drug-likeness (QED) is 0.524. The third-order valence-corrected chi connectivity index (χ3v) is 5.83. The minimum Gasteiger partial charge on any atom is -0.489 e. The van der Waals surface area contributed by atoms with Crippen molar-refractivity contribution in [1.82, 2.24) is 25.1 Å². The maximum absolute atomic E-state index is 13.1. The number of hydrogen-bond acceptors (Lipinski definition) is 6. The van der Waals surface area contributed by atoms with Crippen molar-refractivity contribution in [1.29, 1.82) is 0 Å². The average molecular weight is 441 g/mol. The first-order valence-corrected chi connectivity index (χ1v) is 10.9. The van der Waals surface area contributed by atoms with Gasteiger partial charge in [0.2, 0.25) is 0 Å². The normalized spacial score (nSPS) is 16.3. The van der Waals surface area contributed by atoms with Gasteiger partial charge in [0, 0.05) is 17.6 Å². The fraction of sp³-hybridized carbons (Fsp3) is 0.240. The summed E-state index contributed by atoms with van der Waals surface area (Å²) in [6, 6.07) is 17.0. The molecule has 8 heteroatoms. The molecule has 8 nitrogen and oxygen atoms in total. The third-order valence-electron chi connectivity index (χ3n) is 5.83. The lowest BCUT2D eigenvalue weighted by Crippen LogP contribution is -2.37. The fourth-order valence-corrected chi connectivity index (χ4v) is 4.15. The van der Waals surface area contributed by atoms with Gasteiger partial charge in [-0.3, -0.25) is 14.5 Å². The number of nitrogens with zero attached hydrogens (tertiary/aromatic N) is 5. The summed E-state index contributed by atoms with van der Waals surface area (Å²) in [4.78, 5) is 28.9. The highest BCUT2D eigenvalue weighted by molar-refractivity contribution is 6.21. The monoisotopic (exact) mass is 441 g/mol. The van der Waals surface area contributed by atoms with Crippen LogP contribution in [0.5, 0.6) is 5.75 Å². The zero-order chi connectivity index (χ0) is 22.8. The van der Waals surface area contributed by atoms with E-state index in [2.05, 4.69) is 15.4 Å². The molecule has 0 N–H and O–H groups in total. The first-order chi connectivity index (χ1) is 16.1. The van der Waals surface area contributed by atoms with Gasteiger partial charge < -0.3 is 4.74 Å². The molecule has 1 atom stereocenters. The molecular weight excluding hydrogens is 418 g/mol. The van der Waals surface area contributed by atoms with E-state index in [1.54, 1.807) is 13.1 Å². The Morgan fingerprint density at radius 1 is 1.00 bits per heavy atom. The predicted octanol–water partition coefficient (Wildman–Crippen LogP) is 3.09. The lowest BCUT2D eigenvalue weighted by molar-refractivity contribution is -0.140. The van der Waals surface area contributed by atoms with Crippen molar-refractivity contribution < 1.29 is 14.3 Å². The second kappa shape index (κ2) is 8.82. The Labute approximate surface area is 191 Å². The summed E-state index contributed by atoms with van der Waals surface area (Å²) >= 11 is 0. The van der Waals surface area contributed by atoms with Crippen LogP contribution in [0.4, 0.5) is 0 Å². The molecule has 3 aromatic rings. The van der Waals surface area contributed by atoms with Crippen LogP contribution in [0.1, 0.15) is 35.8 Å². The van der Waals surface area contributed by atoms with Crippen LogP contribution in [0.15, 0.2) is 77.9 Å². The van der Waals surface area contributed by atoms with Gasteiger partial charge in [-0.15, -0.1) is 10.2 Å². The summed E-state index contributed by atoms with van der Waals surface area (Å²) in [5.41, 5.74) is 3.07. The number of aromatic nitrogens is 4. The highest BCUT2D eigenvalue weighted by atomic mass is 16.5. The topological polar surface area (TPSA) is 90.2 Å². The van der Waals surface area contributed by atoms with E-state index in [1.807, 2.05) is 60.7 Å². The molecule has 5 rings (SSSR count). The number of tetrazole rings is 1. The Hall–Kier alpha value is -4.07. The molecule has 0 unspecified atom stereocenters. The molecule has 0 spiro atoms. The Balaban J connectivity index is 1.36. The van der Waals surface area contributed by atoms with E-state index in [0.29, 0.717) is 36.4 Å². The minimum absolute atomic E-state index is 0.264. The van der Waals surface area contributed by atoms with Gasteiger partial charge in [-0.05, 0) is 41.3 Å². The number of rotatable bonds is 7. The molecule has 0 radical (unpaired) electrons. The number of allylic oxidation sites excluding steroid dienone is 1. The van der Waals surface area contributed by atoms with E-state index in [9.17, 15) is 9.59 Å². The number of hydrogen-bond donors (Lipinski definition) is 0. The minimum atomic E-state index is -0.645. The smallest absolute Gasteiger partial charge is 0.261 e. The molecule has 0 bridgehead atoms.